The van der Waals surface area contributed by atoms with Crippen LogP contribution in [-0.2, 0) is 4.79 Å². The van der Waals surface area contributed by atoms with Crippen LogP contribution in [-0.4, -0.2) is 28.7 Å². The van der Waals surface area contributed by atoms with Gasteiger partial charge in [-0.1, -0.05) is 84.9 Å². The second-order valence-corrected chi connectivity index (χ2v) is 10.3. The van der Waals surface area contributed by atoms with Gasteiger partial charge in [-0.25, -0.2) is 0 Å². The second-order valence-electron chi connectivity index (χ2n) is 10.3. The minimum atomic E-state index is -0.633. The zero-order valence-corrected chi connectivity index (χ0v) is 23.6. The molecule has 0 aliphatic heterocycles. The highest BCUT2D eigenvalue weighted by molar-refractivity contribution is 5.92. The lowest BCUT2D eigenvalue weighted by Gasteiger charge is -2.27. The third kappa shape index (κ3) is 7.72. The Kier molecular flexibility index (Phi) is 10.3. The summed E-state index contributed by atoms with van der Waals surface area (Å²) in [7, 11) is 0. The Morgan fingerprint density at radius 2 is 0.905 bits per heavy atom. The SMILES string of the molecule is C[C@@H](NCC(C(=O)C(CN[C@H](C)c1ccccc1)c1ccc([N+](=O)[O-])cc1)c1ccc([N+](=O)[O-])cc1)c1ccccc1. The summed E-state index contributed by atoms with van der Waals surface area (Å²) in [5.41, 5.74) is 3.33. The molecule has 0 saturated heterocycles. The lowest BCUT2D eigenvalue weighted by Crippen LogP contribution is -2.36. The van der Waals surface area contributed by atoms with Crippen molar-refractivity contribution in [3.63, 3.8) is 0 Å². The van der Waals surface area contributed by atoms with Crippen LogP contribution in [0.25, 0.3) is 0 Å². The molecule has 9 nitrogen and oxygen atoms in total. The molecule has 2 N–H and O–H groups in total. The quantitative estimate of drug-likeness (QED) is 0.129. The summed E-state index contributed by atoms with van der Waals surface area (Å²) < 4.78 is 0. The molecule has 4 aromatic rings. The predicted molar refractivity (Wildman–Crippen MR) is 162 cm³/mol. The number of nitro benzene ring substituents is 2. The molecule has 0 aliphatic carbocycles. The molecular weight excluding hydrogens is 532 g/mol. The highest BCUT2D eigenvalue weighted by Gasteiger charge is 2.31. The van der Waals surface area contributed by atoms with Gasteiger partial charge in [0.2, 0.25) is 0 Å². The van der Waals surface area contributed by atoms with Crippen LogP contribution in [0.1, 0.15) is 60.0 Å². The number of carbonyl (C=O) groups excluding carboxylic acids is 1. The van der Waals surface area contributed by atoms with E-state index >= 15 is 0 Å². The van der Waals surface area contributed by atoms with Crippen LogP contribution < -0.4 is 10.6 Å². The van der Waals surface area contributed by atoms with Crippen molar-refractivity contribution in [2.24, 2.45) is 0 Å². The fourth-order valence-corrected chi connectivity index (χ4v) is 4.97. The minimum absolute atomic E-state index is 0.0476. The number of nitrogens with zero attached hydrogens (tertiary/aromatic N) is 2. The smallest absolute Gasteiger partial charge is 0.269 e. The number of nitrogens with one attached hydrogen (secondary N) is 2. The number of benzene rings is 4. The van der Waals surface area contributed by atoms with E-state index in [9.17, 15) is 25.0 Å². The molecule has 216 valence electrons. The van der Waals surface area contributed by atoms with Crippen molar-refractivity contribution in [3.05, 3.63) is 152 Å². The summed E-state index contributed by atoms with van der Waals surface area (Å²) in [6.07, 6.45) is 0. The van der Waals surface area contributed by atoms with Crippen molar-refractivity contribution in [1.29, 1.82) is 0 Å². The largest absolute Gasteiger partial charge is 0.309 e. The topological polar surface area (TPSA) is 127 Å². The van der Waals surface area contributed by atoms with E-state index in [0.29, 0.717) is 24.2 Å². The summed E-state index contributed by atoms with van der Waals surface area (Å²) in [5.74, 6) is -1.37. The number of rotatable bonds is 14. The van der Waals surface area contributed by atoms with Gasteiger partial charge in [0.15, 0.2) is 0 Å². The number of carbonyl (C=O) groups is 1. The standard InChI is InChI=1S/C33H34N4O5/c1-23(25-9-5-3-6-10-25)34-21-31(27-13-17-29(18-14-27)36(39)40)33(38)32(28-15-19-30(20-16-28)37(41)42)22-35-24(2)26-11-7-4-8-12-26/h3-20,23-24,31-32,34-35H,21-22H2,1-2H3/t23-,24-,31?,32?/m1/s1. The Morgan fingerprint density at radius 3 is 1.21 bits per heavy atom. The highest BCUT2D eigenvalue weighted by Crippen LogP contribution is 2.30. The Hall–Kier alpha value is -4.73. The Labute approximate surface area is 244 Å². The first kappa shape index (κ1) is 30.2. The lowest BCUT2D eigenvalue weighted by atomic mass is 9.83. The molecule has 0 heterocycles. The Morgan fingerprint density at radius 1 is 0.571 bits per heavy atom. The van der Waals surface area contributed by atoms with E-state index in [1.54, 1.807) is 24.3 Å². The van der Waals surface area contributed by atoms with Crippen molar-refractivity contribution < 1.29 is 14.6 Å². The van der Waals surface area contributed by atoms with Crippen LogP contribution in [0.4, 0.5) is 11.4 Å². The first-order valence-electron chi connectivity index (χ1n) is 13.8. The van der Waals surface area contributed by atoms with Gasteiger partial charge >= 0.3 is 0 Å². The molecule has 0 amide bonds. The zero-order valence-electron chi connectivity index (χ0n) is 23.6. The Bertz CT molecular complexity index is 1370. The van der Waals surface area contributed by atoms with Gasteiger partial charge in [0.1, 0.15) is 5.78 Å². The predicted octanol–water partition coefficient (Wildman–Crippen LogP) is 6.64. The second kappa shape index (κ2) is 14.2. The maximum Gasteiger partial charge on any atom is 0.269 e. The molecule has 4 aromatic carbocycles. The molecule has 0 aromatic heterocycles. The maximum atomic E-state index is 14.4. The van der Waals surface area contributed by atoms with Gasteiger partial charge < -0.3 is 10.6 Å². The van der Waals surface area contributed by atoms with E-state index < -0.39 is 21.7 Å². The van der Waals surface area contributed by atoms with Gasteiger partial charge in [0.25, 0.3) is 11.4 Å². The monoisotopic (exact) mass is 566 g/mol. The van der Waals surface area contributed by atoms with E-state index in [0.717, 1.165) is 11.1 Å². The first-order chi connectivity index (χ1) is 20.2. The molecule has 42 heavy (non-hydrogen) atoms. The van der Waals surface area contributed by atoms with Gasteiger partial charge in [-0.3, -0.25) is 25.0 Å². The molecular formula is C33H34N4O5. The van der Waals surface area contributed by atoms with Gasteiger partial charge in [0.05, 0.1) is 21.7 Å². The summed E-state index contributed by atoms with van der Waals surface area (Å²) >= 11 is 0. The van der Waals surface area contributed by atoms with Crippen molar-refractivity contribution in [1.82, 2.24) is 10.6 Å². The van der Waals surface area contributed by atoms with Crippen LogP contribution in [0.5, 0.6) is 0 Å². The van der Waals surface area contributed by atoms with Gasteiger partial charge in [-0.15, -0.1) is 0 Å². The highest BCUT2D eigenvalue weighted by atomic mass is 16.6. The molecule has 4 rings (SSSR count). The normalized spacial score (nSPS) is 14.0. The van der Waals surface area contributed by atoms with E-state index in [1.165, 1.54) is 24.3 Å². The molecule has 9 heteroatoms. The van der Waals surface area contributed by atoms with Crippen LogP contribution in [0, 0.1) is 20.2 Å². The van der Waals surface area contributed by atoms with Crippen LogP contribution in [0.2, 0.25) is 0 Å². The fourth-order valence-electron chi connectivity index (χ4n) is 4.97. The molecule has 0 radical (unpaired) electrons. The number of ketones is 1. The van der Waals surface area contributed by atoms with Crippen LogP contribution in [0.15, 0.2) is 109 Å². The van der Waals surface area contributed by atoms with Crippen molar-refractivity contribution in [2.75, 3.05) is 13.1 Å². The number of hydrogen-bond donors (Lipinski definition) is 2. The summed E-state index contributed by atoms with van der Waals surface area (Å²) in [6.45, 7) is 4.63. The van der Waals surface area contributed by atoms with Crippen LogP contribution in [0.3, 0.4) is 0 Å². The van der Waals surface area contributed by atoms with Crippen molar-refractivity contribution in [3.8, 4) is 0 Å². The molecule has 0 bridgehead atoms. The number of non-ortho nitro benzene ring substituents is 2. The number of hydrogen-bond acceptors (Lipinski definition) is 7. The van der Waals surface area contributed by atoms with Gasteiger partial charge in [-0.05, 0) is 36.1 Å². The summed E-state index contributed by atoms with van der Waals surface area (Å²) in [6, 6.07) is 31.8. The molecule has 4 atom stereocenters. The number of Topliss-reactive ketones (excluding diaryl/α,β-unsaturated/α-hetero) is 1. The molecule has 0 aliphatic rings. The summed E-state index contributed by atoms with van der Waals surface area (Å²) in [4.78, 5) is 36.1. The van der Waals surface area contributed by atoms with Gasteiger partial charge in [-0.2, -0.15) is 0 Å². The third-order valence-electron chi connectivity index (χ3n) is 7.55. The Balaban J connectivity index is 1.66. The van der Waals surface area contributed by atoms with Crippen molar-refractivity contribution >= 4 is 17.2 Å². The number of nitro groups is 2. The molecule has 0 saturated carbocycles. The van der Waals surface area contributed by atoms with Gasteiger partial charge in [0, 0.05) is 49.4 Å². The lowest BCUT2D eigenvalue weighted by molar-refractivity contribution is -0.385. The maximum absolute atomic E-state index is 14.4. The van der Waals surface area contributed by atoms with Crippen LogP contribution >= 0.6 is 0 Å². The molecule has 0 spiro atoms. The average molecular weight is 567 g/mol. The van der Waals surface area contributed by atoms with E-state index in [1.807, 2.05) is 74.5 Å². The average Bonchev–Trinajstić information content (AvgIpc) is 3.02. The fraction of sp³-hybridized carbons (Fsp3) is 0.242. The summed E-state index contributed by atoms with van der Waals surface area (Å²) in [5, 5.41) is 29.5. The molecule has 2 unspecified atom stereocenters. The first-order valence-corrected chi connectivity index (χ1v) is 13.8. The molecule has 0 fully saturated rings. The zero-order chi connectivity index (χ0) is 30.1. The van der Waals surface area contributed by atoms with E-state index in [2.05, 4.69) is 10.6 Å². The third-order valence-corrected chi connectivity index (χ3v) is 7.55. The minimum Gasteiger partial charge on any atom is -0.309 e. The van der Waals surface area contributed by atoms with E-state index in [-0.39, 0.29) is 29.2 Å². The van der Waals surface area contributed by atoms with Crippen molar-refractivity contribution in [2.45, 2.75) is 37.8 Å². The van der Waals surface area contributed by atoms with E-state index in [4.69, 9.17) is 0 Å².